The fourth-order valence-electron chi connectivity index (χ4n) is 1.72. The number of thioether (sulfide) groups is 1. The molecule has 0 fully saturated rings. The fourth-order valence-corrected chi connectivity index (χ4v) is 2.65. The van der Waals surface area contributed by atoms with Crippen LogP contribution in [0.15, 0.2) is 35.4 Å². The summed E-state index contributed by atoms with van der Waals surface area (Å²) in [7, 11) is 3.49. The van der Waals surface area contributed by atoms with Gasteiger partial charge < -0.3 is 4.74 Å². The minimum atomic E-state index is 0.103. The summed E-state index contributed by atoms with van der Waals surface area (Å²) in [6, 6.07) is 9.15. The molecule has 0 spiro atoms. The molecule has 1 aromatic carbocycles. The number of nitrogens with zero attached hydrogens (tertiary/aromatic N) is 2. The number of carbonyl (C=O) groups excluding carboxylic acids is 1. The zero-order valence-corrected chi connectivity index (χ0v) is 12.0. The summed E-state index contributed by atoms with van der Waals surface area (Å²) >= 11 is 1.50. The van der Waals surface area contributed by atoms with E-state index in [1.165, 1.54) is 11.8 Å². The molecule has 0 radical (unpaired) electrons. The molecule has 0 aliphatic rings. The van der Waals surface area contributed by atoms with E-state index in [0.717, 1.165) is 16.5 Å². The van der Waals surface area contributed by atoms with Crippen LogP contribution in [0, 0.1) is 6.92 Å². The molecule has 1 heterocycles. The SMILES string of the molecule is COc1ccc(C(=O)CSc2cc(C)nn2C)cc1. The van der Waals surface area contributed by atoms with Crippen molar-refractivity contribution in [3.63, 3.8) is 0 Å². The Hall–Kier alpha value is -1.75. The molecule has 2 rings (SSSR count). The van der Waals surface area contributed by atoms with Gasteiger partial charge in [-0.25, -0.2) is 0 Å². The highest BCUT2D eigenvalue weighted by molar-refractivity contribution is 7.99. The van der Waals surface area contributed by atoms with Gasteiger partial charge in [-0.2, -0.15) is 5.10 Å². The maximum absolute atomic E-state index is 12.0. The van der Waals surface area contributed by atoms with Crippen LogP contribution >= 0.6 is 11.8 Å². The number of aromatic nitrogens is 2. The van der Waals surface area contributed by atoms with Gasteiger partial charge in [0.25, 0.3) is 0 Å². The first kappa shape index (κ1) is 13.7. The van der Waals surface area contributed by atoms with Gasteiger partial charge >= 0.3 is 0 Å². The third-order valence-corrected chi connectivity index (χ3v) is 3.81. The average molecular weight is 276 g/mol. The van der Waals surface area contributed by atoms with Crippen LogP contribution in [0.1, 0.15) is 16.1 Å². The monoisotopic (exact) mass is 276 g/mol. The van der Waals surface area contributed by atoms with Crippen molar-refractivity contribution in [2.45, 2.75) is 11.9 Å². The van der Waals surface area contributed by atoms with Gasteiger partial charge in [0.15, 0.2) is 5.78 Å². The number of hydrogen-bond donors (Lipinski definition) is 0. The van der Waals surface area contributed by atoms with Crippen LogP contribution in [0.5, 0.6) is 5.75 Å². The van der Waals surface area contributed by atoms with Gasteiger partial charge in [-0.3, -0.25) is 9.48 Å². The standard InChI is InChI=1S/C14H16N2O2S/c1-10-8-14(16(2)15-10)19-9-13(17)11-4-6-12(18-3)7-5-11/h4-8H,9H2,1-3H3. The molecule has 5 heteroatoms. The molecule has 0 saturated heterocycles. The predicted octanol–water partition coefficient (Wildman–Crippen LogP) is 2.71. The van der Waals surface area contributed by atoms with Gasteiger partial charge in [0.1, 0.15) is 5.75 Å². The second-order valence-electron chi connectivity index (χ2n) is 4.19. The minimum Gasteiger partial charge on any atom is -0.497 e. The lowest BCUT2D eigenvalue weighted by molar-refractivity contribution is 0.102. The van der Waals surface area contributed by atoms with Crippen LogP contribution in [0.3, 0.4) is 0 Å². The Kier molecular flexibility index (Phi) is 4.27. The Morgan fingerprint density at radius 3 is 2.58 bits per heavy atom. The van der Waals surface area contributed by atoms with Gasteiger partial charge in [0, 0.05) is 12.6 Å². The zero-order valence-electron chi connectivity index (χ0n) is 11.2. The molecule has 0 N–H and O–H groups in total. The van der Waals surface area contributed by atoms with Crippen LogP contribution in [0.25, 0.3) is 0 Å². The molecule has 0 aliphatic carbocycles. The third kappa shape index (κ3) is 3.38. The van der Waals surface area contributed by atoms with Crippen molar-refractivity contribution in [1.29, 1.82) is 0 Å². The number of carbonyl (C=O) groups is 1. The van der Waals surface area contributed by atoms with E-state index >= 15 is 0 Å². The quantitative estimate of drug-likeness (QED) is 0.622. The molecule has 19 heavy (non-hydrogen) atoms. The zero-order chi connectivity index (χ0) is 13.8. The minimum absolute atomic E-state index is 0.103. The normalized spacial score (nSPS) is 10.5. The Bertz CT molecular complexity index is 576. The van der Waals surface area contributed by atoms with E-state index in [1.807, 2.05) is 20.0 Å². The topological polar surface area (TPSA) is 44.1 Å². The van der Waals surface area contributed by atoms with Crippen molar-refractivity contribution < 1.29 is 9.53 Å². The molecule has 2 aromatic rings. The first-order valence-corrected chi connectivity index (χ1v) is 6.89. The second-order valence-corrected chi connectivity index (χ2v) is 5.18. The lowest BCUT2D eigenvalue weighted by Gasteiger charge is -2.03. The van der Waals surface area contributed by atoms with Gasteiger partial charge in [-0.1, -0.05) is 11.8 Å². The lowest BCUT2D eigenvalue weighted by atomic mass is 10.1. The van der Waals surface area contributed by atoms with Gasteiger partial charge in [0.05, 0.1) is 23.6 Å². The molecular weight excluding hydrogens is 260 g/mol. The van der Waals surface area contributed by atoms with Crippen LogP contribution in [0.4, 0.5) is 0 Å². The fraction of sp³-hybridized carbons (Fsp3) is 0.286. The Morgan fingerprint density at radius 2 is 2.05 bits per heavy atom. The first-order chi connectivity index (χ1) is 9.10. The summed E-state index contributed by atoms with van der Waals surface area (Å²) in [6.07, 6.45) is 0. The van der Waals surface area contributed by atoms with E-state index in [-0.39, 0.29) is 5.78 Å². The summed E-state index contributed by atoms with van der Waals surface area (Å²) in [5, 5.41) is 5.25. The molecule has 0 amide bonds. The van der Waals surface area contributed by atoms with E-state index < -0.39 is 0 Å². The van der Waals surface area contributed by atoms with Crippen LogP contribution < -0.4 is 4.74 Å². The van der Waals surface area contributed by atoms with Crippen molar-refractivity contribution >= 4 is 17.5 Å². The number of rotatable bonds is 5. The summed E-state index contributed by atoms with van der Waals surface area (Å²) in [5.74, 6) is 1.27. The van der Waals surface area contributed by atoms with Gasteiger partial charge in [-0.05, 0) is 37.3 Å². The van der Waals surface area contributed by atoms with Crippen molar-refractivity contribution in [3.8, 4) is 5.75 Å². The average Bonchev–Trinajstić information content (AvgIpc) is 2.74. The molecule has 100 valence electrons. The molecule has 0 atom stereocenters. The molecule has 0 saturated carbocycles. The summed E-state index contributed by atoms with van der Waals surface area (Å²) in [4.78, 5) is 12.0. The highest BCUT2D eigenvalue weighted by Crippen LogP contribution is 2.20. The van der Waals surface area contributed by atoms with Crippen LogP contribution in [-0.4, -0.2) is 28.4 Å². The number of Topliss-reactive ketones (excluding diaryl/α,β-unsaturated/α-hetero) is 1. The summed E-state index contributed by atoms with van der Waals surface area (Å²) in [6.45, 7) is 1.94. The van der Waals surface area contributed by atoms with Gasteiger partial charge in [-0.15, -0.1) is 0 Å². The highest BCUT2D eigenvalue weighted by atomic mass is 32.2. The number of benzene rings is 1. The Labute approximate surface area is 116 Å². The highest BCUT2D eigenvalue weighted by Gasteiger charge is 2.09. The van der Waals surface area contributed by atoms with E-state index in [2.05, 4.69) is 5.10 Å². The van der Waals surface area contributed by atoms with E-state index in [4.69, 9.17) is 4.74 Å². The van der Waals surface area contributed by atoms with E-state index in [0.29, 0.717) is 11.3 Å². The van der Waals surface area contributed by atoms with Gasteiger partial charge in [0.2, 0.25) is 0 Å². The summed E-state index contributed by atoms with van der Waals surface area (Å²) in [5.41, 5.74) is 1.66. The second kappa shape index (κ2) is 5.93. The molecule has 0 bridgehead atoms. The van der Waals surface area contributed by atoms with Crippen molar-refractivity contribution in [3.05, 3.63) is 41.6 Å². The maximum Gasteiger partial charge on any atom is 0.173 e. The summed E-state index contributed by atoms with van der Waals surface area (Å²) < 4.78 is 6.86. The molecule has 0 unspecified atom stereocenters. The lowest BCUT2D eigenvalue weighted by Crippen LogP contribution is -2.03. The van der Waals surface area contributed by atoms with Crippen molar-refractivity contribution in [1.82, 2.24) is 9.78 Å². The maximum atomic E-state index is 12.0. The Balaban J connectivity index is 1.99. The predicted molar refractivity (Wildman–Crippen MR) is 76.0 cm³/mol. The molecule has 4 nitrogen and oxygen atoms in total. The first-order valence-electron chi connectivity index (χ1n) is 5.91. The number of ether oxygens (including phenoxy) is 1. The number of ketones is 1. The smallest absolute Gasteiger partial charge is 0.173 e. The van der Waals surface area contributed by atoms with E-state index in [9.17, 15) is 4.79 Å². The van der Waals surface area contributed by atoms with Crippen molar-refractivity contribution in [2.75, 3.05) is 12.9 Å². The molecule has 0 aliphatic heterocycles. The van der Waals surface area contributed by atoms with Crippen LogP contribution in [0.2, 0.25) is 0 Å². The van der Waals surface area contributed by atoms with Crippen LogP contribution in [-0.2, 0) is 7.05 Å². The number of aryl methyl sites for hydroxylation is 2. The largest absolute Gasteiger partial charge is 0.497 e. The number of methoxy groups -OCH3 is 1. The van der Waals surface area contributed by atoms with E-state index in [1.54, 1.807) is 36.1 Å². The molecule has 1 aromatic heterocycles. The number of hydrogen-bond acceptors (Lipinski definition) is 4. The Morgan fingerprint density at radius 1 is 1.37 bits per heavy atom. The third-order valence-electron chi connectivity index (χ3n) is 2.72. The molecular formula is C14H16N2O2S. The van der Waals surface area contributed by atoms with Crippen molar-refractivity contribution in [2.24, 2.45) is 7.05 Å².